The Kier molecular flexibility index (Phi) is 32.9. The van der Waals surface area contributed by atoms with Crippen molar-refractivity contribution < 1.29 is 129 Å². The van der Waals surface area contributed by atoms with Gasteiger partial charge in [-0.05, 0) is 85.8 Å². The number of carbonyl (C=O) groups is 4. The van der Waals surface area contributed by atoms with E-state index in [4.69, 9.17) is 65.2 Å². The van der Waals surface area contributed by atoms with Gasteiger partial charge in [0, 0.05) is 65.2 Å². The highest BCUT2D eigenvalue weighted by molar-refractivity contribution is 7.85. The second-order valence-corrected chi connectivity index (χ2v) is 26.7. The molecule has 5 aromatic carbocycles. The highest BCUT2D eigenvalue weighted by atomic mass is 32.2. The van der Waals surface area contributed by atoms with Crippen molar-refractivity contribution in [2.24, 2.45) is 0 Å². The number of nitrogens with one attached hydrogen (secondary N) is 3. The SMILES string of the molecule is CN[C@H]1C(O)C(O)[C@@H](O)C(O)C1c1cc2c(c(OCc3ccc(OS(=O)Oc4cc(C(=O)NCCOCCOCCOCCn5cc(COCCOCCOCCOCCNC(=O)c6ccc(C(=O)CCS(=O)c7ccc(C)cc7)cc6)nn5)ccc4OC4CC(O)C(O)C(CO)O4)cc3)c1C=O)OCO2. The van der Waals surface area contributed by atoms with Gasteiger partial charge < -0.3 is 117 Å². The van der Waals surface area contributed by atoms with Crippen molar-refractivity contribution in [2.75, 3.05) is 125 Å². The quantitative estimate of drug-likeness (QED) is 0.0144. The lowest BCUT2D eigenvalue weighted by Crippen LogP contribution is -2.63. The van der Waals surface area contributed by atoms with E-state index in [1.165, 1.54) is 43.4 Å². The summed E-state index contributed by atoms with van der Waals surface area (Å²) in [6, 6.07) is 24.2. The van der Waals surface area contributed by atoms with E-state index in [9.17, 15) is 63.3 Å². The molecule has 10 N–H and O–H groups in total. The van der Waals surface area contributed by atoms with Gasteiger partial charge >= 0.3 is 11.4 Å². The summed E-state index contributed by atoms with van der Waals surface area (Å²) in [5, 5.41) is 90.0. The number of hydrogen-bond donors (Lipinski definition) is 10. The monoisotopic (exact) mass is 1520 g/mol. The molecular formula is C71H90N6O27S2. The molecular weight excluding hydrogens is 1430 g/mol. The molecule has 1 saturated carbocycles. The van der Waals surface area contributed by atoms with Gasteiger partial charge in [-0.3, -0.25) is 23.4 Å². The van der Waals surface area contributed by atoms with E-state index in [0.717, 1.165) is 5.56 Å². The van der Waals surface area contributed by atoms with E-state index in [2.05, 4.69) is 26.3 Å². The summed E-state index contributed by atoms with van der Waals surface area (Å²) in [4.78, 5) is 52.1. The minimum atomic E-state index is -2.60. The Morgan fingerprint density at radius 3 is 1.90 bits per heavy atom. The van der Waals surface area contributed by atoms with Crippen LogP contribution >= 0.6 is 0 Å². The van der Waals surface area contributed by atoms with Crippen LogP contribution in [0.1, 0.15) is 82.6 Å². The minimum absolute atomic E-state index is 0.0483. The van der Waals surface area contributed by atoms with Gasteiger partial charge in [-0.1, -0.05) is 47.2 Å². The first-order valence-corrected chi connectivity index (χ1v) is 36.6. The molecule has 35 heteroatoms. The lowest BCUT2D eigenvalue weighted by atomic mass is 9.72. The average Bonchev–Trinajstić information content (AvgIpc) is 1.32. The summed E-state index contributed by atoms with van der Waals surface area (Å²) in [5.74, 6) is -1.97. The van der Waals surface area contributed by atoms with Crippen molar-refractivity contribution in [3.05, 3.63) is 148 Å². The number of nitrogens with zero attached hydrogens (tertiary/aromatic N) is 3. The maximum absolute atomic E-state index is 13.5. The van der Waals surface area contributed by atoms with Crippen molar-refractivity contribution in [3.8, 4) is 34.5 Å². The molecule has 2 aliphatic heterocycles. The maximum Gasteiger partial charge on any atom is 0.417 e. The number of ether oxygens (including phenoxy) is 12. The molecule has 6 aromatic rings. The molecule has 2 fully saturated rings. The number of aromatic nitrogens is 3. The third kappa shape index (κ3) is 24.0. The molecule has 0 radical (unpaired) electrons. The van der Waals surface area contributed by atoms with Crippen LogP contribution in [0.15, 0.2) is 108 Å². The first kappa shape index (κ1) is 82.0. The number of rotatable bonds is 46. The average molecular weight is 1520 g/mol. The van der Waals surface area contributed by atoms with Gasteiger partial charge in [0.05, 0.1) is 147 Å². The number of likely N-dealkylation sites (N-methyl/N-ethyl adjacent to an activating group) is 1. The first-order chi connectivity index (χ1) is 51.4. The molecule has 33 nitrogen and oxygen atoms in total. The first-order valence-electron chi connectivity index (χ1n) is 34.3. The van der Waals surface area contributed by atoms with Gasteiger partial charge in [0.2, 0.25) is 18.8 Å². The number of amides is 2. The molecule has 3 aliphatic rings. The Morgan fingerprint density at radius 2 is 1.25 bits per heavy atom. The standard InChI is InChI=1S/C71H90N6O27S2/c1-44-3-14-51(15-4-44)105(89)34-17-54(80)46-7-9-47(10-8-46)70(87)73-18-21-91-25-28-95-30-31-96-32-33-97-42-49-38-77(76-75-49)20-23-93-26-29-94-27-24-92-22-19-74-71(88)48-11-16-56(101-60-37-55(81)63(82)59(40-79)102-60)57(35-48)104-106(90)103-50-12-5-45(6-13-50)41-98-68-53(39-78)52(36-58-69(68)100-43-99-58)61-62(72-2)65(84)67(86)66(85)64(61)83/h3-16,35-36,38-39,55,59-67,72,79,81-86H,17-34,37,40-43H2,1-2H3,(H,73,87)(H,74,88)/t55?,59?,60?,61?,62-,63?,64?,65?,66+,67?,105?,106?/m1/s1. The summed E-state index contributed by atoms with van der Waals surface area (Å²) < 4.78 is 107. The molecule has 2 amide bonds. The molecule has 1 saturated heterocycles. The van der Waals surface area contributed by atoms with Crippen molar-refractivity contribution in [1.82, 2.24) is 30.9 Å². The van der Waals surface area contributed by atoms with Crippen LogP contribution in [0.2, 0.25) is 0 Å². The van der Waals surface area contributed by atoms with E-state index in [1.807, 2.05) is 19.1 Å². The van der Waals surface area contributed by atoms with Crippen LogP contribution in [-0.4, -0.2) is 263 Å². The number of aliphatic hydroxyl groups excluding tert-OH is 7. The second-order valence-electron chi connectivity index (χ2n) is 24.4. The summed E-state index contributed by atoms with van der Waals surface area (Å²) in [7, 11) is 0.215. The number of Topliss-reactive ketones (excluding diaryl/α,β-unsaturated/α-hetero) is 1. The molecule has 1 aliphatic carbocycles. The zero-order valence-corrected chi connectivity index (χ0v) is 60.0. The predicted molar refractivity (Wildman–Crippen MR) is 374 cm³/mol. The number of benzene rings is 5. The highest BCUT2D eigenvalue weighted by Gasteiger charge is 2.50. The van der Waals surface area contributed by atoms with Crippen LogP contribution in [0.4, 0.5) is 0 Å². The molecule has 0 spiro atoms. The van der Waals surface area contributed by atoms with Gasteiger partial charge in [0.25, 0.3) is 11.8 Å². The molecule has 3 heterocycles. The Balaban J connectivity index is 0.600. The Labute approximate surface area is 615 Å². The van der Waals surface area contributed by atoms with Crippen LogP contribution in [0, 0.1) is 6.92 Å². The molecule has 12 atom stereocenters. The zero-order valence-electron chi connectivity index (χ0n) is 58.4. The van der Waals surface area contributed by atoms with Crippen LogP contribution < -0.4 is 43.3 Å². The minimum Gasteiger partial charge on any atom is -0.484 e. The summed E-state index contributed by atoms with van der Waals surface area (Å²) in [6.45, 7) is 6.00. The lowest BCUT2D eigenvalue weighted by molar-refractivity contribution is -0.230. The number of hydrogen-bond acceptors (Lipinski definition) is 30. The van der Waals surface area contributed by atoms with Crippen molar-refractivity contribution in [1.29, 1.82) is 0 Å². The van der Waals surface area contributed by atoms with Gasteiger partial charge in [0.15, 0.2) is 35.1 Å². The number of aldehydes is 1. The topological polar surface area (TPSA) is 440 Å². The lowest BCUT2D eigenvalue weighted by Gasteiger charge is -2.44. The second kappa shape index (κ2) is 42.5. The number of aliphatic hydroxyl groups is 7. The Hall–Kier alpha value is -8.02. The molecule has 578 valence electrons. The van der Waals surface area contributed by atoms with Crippen LogP contribution in [0.5, 0.6) is 34.5 Å². The maximum atomic E-state index is 13.5. The number of aryl methyl sites for hydroxylation is 1. The third-order valence-corrected chi connectivity index (χ3v) is 19.0. The fourth-order valence-electron chi connectivity index (χ4n) is 11.3. The van der Waals surface area contributed by atoms with Crippen LogP contribution in [0.25, 0.3) is 0 Å². The number of ketones is 1. The zero-order chi connectivity index (χ0) is 75.3. The van der Waals surface area contributed by atoms with Gasteiger partial charge in [-0.25, -0.2) is 4.68 Å². The number of carbonyl (C=O) groups excluding carboxylic acids is 4. The third-order valence-electron chi connectivity index (χ3n) is 17.0. The van der Waals surface area contributed by atoms with Gasteiger partial charge in [-0.2, -0.15) is 4.21 Å². The molecule has 106 heavy (non-hydrogen) atoms. The smallest absolute Gasteiger partial charge is 0.417 e. The van der Waals surface area contributed by atoms with E-state index in [0.29, 0.717) is 113 Å². The molecule has 1 aromatic heterocycles. The van der Waals surface area contributed by atoms with Crippen molar-refractivity contribution in [3.63, 3.8) is 0 Å². The predicted octanol–water partition coefficient (Wildman–Crippen LogP) is 0.937. The van der Waals surface area contributed by atoms with Gasteiger partial charge in [-0.15, -0.1) is 5.10 Å². The van der Waals surface area contributed by atoms with E-state index in [-0.39, 0.29) is 128 Å². The largest absolute Gasteiger partial charge is 0.484 e. The Bertz CT molecular complexity index is 3800. The fraction of sp³-hybridized carbons (Fsp3) is 0.493. The summed E-state index contributed by atoms with van der Waals surface area (Å²) >= 11 is -2.60. The molecule has 0 bridgehead atoms. The van der Waals surface area contributed by atoms with E-state index < -0.39 is 95.7 Å². The van der Waals surface area contributed by atoms with E-state index >= 15 is 0 Å². The van der Waals surface area contributed by atoms with E-state index in [1.54, 1.807) is 59.4 Å². The Morgan fingerprint density at radius 1 is 0.651 bits per heavy atom. The fourth-order valence-corrected chi connectivity index (χ4v) is 12.9. The normalized spacial score (nSPS) is 21.0. The summed E-state index contributed by atoms with van der Waals surface area (Å²) in [6.07, 6.45) is -9.58. The molecule has 9 rings (SSSR count). The molecule has 10 unspecified atom stereocenters. The summed E-state index contributed by atoms with van der Waals surface area (Å²) in [5.41, 5.74) is 3.24. The van der Waals surface area contributed by atoms with Crippen molar-refractivity contribution in [2.45, 2.75) is 105 Å². The number of fused-ring (bicyclic) bond motifs is 1. The van der Waals surface area contributed by atoms with Crippen LogP contribution in [-0.2, 0) is 79.8 Å². The van der Waals surface area contributed by atoms with Crippen molar-refractivity contribution >= 4 is 46.0 Å². The highest BCUT2D eigenvalue weighted by Crippen LogP contribution is 2.49. The van der Waals surface area contributed by atoms with Crippen LogP contribution in [0.3, 0.4) is 0 Å². The van der Waals surface area contributed by atoms with Gasteiger partial charge in [0.1, 0.15) is 42.5 Å².